The first-order chi connectivity index (χ1) is 14.0. The summed E-state index contributed by atoms with van der Waals surface area (Å²) in [5, 5.41) is 0. The van der Waals surface area contributed by atoms with Crippen LogP contribution in [0.5, 0.6) is 0 Å². The minimum atomic E-state index is -0.0105. The zero-order valence-electron chi connectivity index (χ0n) is 18.0. The van der Waals surface area contributed by atoms with Crippen molar-refractivity contribution in [2.75, 3.05) is 39.8 Å². The standard InChI is InChI=1S/C24H35N3O2/c1-19-6-8-20(9-7-19)18-21(28)26-16-11-24(12-17-26)10-5-13-25(2)22(24)23(29)27-14-3-4-15-27/h6-9,22H,3-5,10-18H2,1-2H3. The van der Waals surface area contributed by atoms with Gasteiger partial charge in [0.15, 0.2) is 0 Å². The molecule has 0 aliphatic carbocycles. The number of aryl methyl sites for hydroxylation is 1. The van der Waals surface area contributed by atoms with Crippen LogP contribution in [0.4, 0.5) is 0 Å². The Morgan fingerprint density at radius 3 is 2.21 bits per heavy atom. The van der Waals surface area contributed by atoms with E-state index in [2.05, 4.69) is 48.0 Å². The van der Waals surface area contributed by atoms with Crippen LogP contribution < -0.4 is 0 Å². The van der Waals surface area contributed by atoms with Crippen molar-refractivity contribution in [3.05, 3.63) is 35.4 Å². The van der Waals surface area contributed by atoms with Crippen LogP contribution in [0.2, 0.25) is 0 Å². The summed E-state index contributed by atoms with van der Waals surface area (Å²) >= 11 is 0. The number of amides is 2. The quantitative estimate of drug-likeness (QED) is 0.788. The summed E-state index contributed by atoms with van der Waals surface area (Å²) < 4.78 is 0. The van der Waals surface area contributed by atoms with Crippen LogP contribution in [0.3, 0.4) is 0 Å². The molecule has 0 bridgehead atoms. The Labute approximate surface area is 175 Å². The summed E-state index contributed by atoms with van der Waals surface area (Å²) in [7, 11) is 2.12. The van der Waals surface area contributed by atoms with E-state index in [0.717, 1.165) is 76.8 Å². The molecule has 5 nitrogen and oxygen atoms in total. The molecule has 3 aliphatic rings. The summed E-state index contributed by atoms with van der Waals surface area (Å²) in [6.45, 7) is 6.46. The minimum absolute atomic E-state index is 0.0105. The highest BCUT2D eigenvalue weighted by molar-refractivity contribution is 5.83. The highest BCUT2D eigenvalue weighted by Gasteiger charge is 2.50. The van der Waals surface area contributed by atoms with Crippen molar-refractivity contribution in [3.63, 3.8) is 0 Å². The summed E-state index contributed by atoms with van der Waals surface area (Å²) in [4.78, 5) is 32.6. The van der Waals surface area contributed by atoms with E-state index < -0.39 is 0 Å². The van der Waals surface area contributed by atoms with Crippen LogP contribution in [0.1, 0.15) is 49.7 Å². The molecule has 0 aromatic heterocycles. The lowest BCUT2D eigenvalue weighted by Crippen LogP contribution is -2.61. The maximum absolute atomic E-state index is 13.4. The Morgan fingerprint density at radius 2 is 1.55 bits per heavy atom. The highest BCUT2D eigenvalue weighted by Crippen LogP contribution is 2.45. The number of rotatable bonds is 3. The molecule has 3 aliphatic heterocycles. The van der Waals surface area contributed by atoms with E-state index in [-0.39, 0.29) is 17.4 Å². The maximum Gasteiger partial charge on any atom is 0.240 e. The van der Waals surface area contributed by atoms with Gasteiger partial charge in [-0.15, -0.1) is 0 Å². The Hall–Kier alpha value is -1.88. The molecule has 1 spiro atoms. The summed E-state index contributed by atoms with van der Waals surface area (Å²) in [5.74, 6) is 0.555. The molecule has 1 aromatic carbocycles. The van der Waals surface area contributed by atoms with Crippen LogP contribution in [-0.4, -0.2) is 72.3 Å². The second-order valence-corrected chi connectivity index (χ2v) is 9.42. The fourth-order valence-corrected chi connectivity index (χ4v) is 5.69. The molecular weight excluding hydrogens is 362 g/mol. The number of likely N-dealkylation sites (tertiary alicyclic amines) is 3. The number of piperidine rings is 2. The van der Waals surface area contributed by atoms with E-state index >= 15 is 0 Å². The fraction of sp³-hybridized carbons (Fsp3) is 0.667. The van der Waals surface area contributed by atoms with Crippen molar-refractivity contribution in [2.45, 2.75) is 57.9 Å². The lowest BCUT2D eigenvalue weighted by Gasteiger charge is -2.52. The molecular formula is C24H35N3O2. The Bertz CT molecular complexity index is 731. The molecule has 29 heavy (non-hydrogen) atoms. The molecule has 3 fully saturated rings. The smallest absolute Gasteiger partial charge is 0.240 e. The molecule has 158 valence electrons. The van der Waals surface area contributed by atoms with Gasteiger partial charge in [0.1, 0.15) is 0 Å². The number of benzene rings is 1. The van der Waals surface area contributed by atoms with Crippen molar-refractivity contribution in [1.29, 1.82) is 0 Å². The Morgan fingerprint density at radius 1 is 0.897 bits per heavy atom. The largest absolute Gasteiger partial charge is 0.342 e. The van der Waals surface area contributed by atoms with Crippen LogP contribution in [0.15, 0.2) is 24.3 Å². The second-order valence-electron chi connectivity index (χ2n) is 9.42. The van der Waals surface area contributed by atoms with Gasteiger partial charge in [0, 0.05) is 26.2 Å². The fourth-order valence-electron chi connectivity index (χ4n) is 5.69. The van der Waals surface area contributed by atoms with E-state index in [1.165, 1.54) is 5.56 Å². The van der Waals surface area contributed by atoms with Crippen molar-refractivity contribution in [2.24, 2.45) is 5.41 Å². The van der Waals surface area contributed by atoms with Gasteiger partial charge in [-0.1, -0.05) is 29.8 Å². The number of carbonyl (C=O) groups excluding carboxylic acids is 2. The molecule has 1 atom stereocenters. The zero-order valence-corrected chi connectivity index (χ0v) is 18.0. The minimum Gasteiger partial charge on any atom is -0.342 e. The average Bonchev–Trinajstić information content (AvgIpc) is 3.25. The van der Waals surface area contributed by atoms with E-state index in [1.807, 2.05) is 4.90 Å². The molecule has 0 N–H and O–H groups in total. The first-order valence-electron chi connectivity index (χ1n) is 11.3. The molecule has 0 radical (unpaired) electrons. The van der Waals surface area contributed by atoms with Gasteiger partial charge in [-0.2, -0.15) is 0 Å². The number of nitrogens with zero attached hydrogens (tertiary/aromatic N) is 3. The molecule has 3 saturated heterocycles. The van der Waals surface area contributed by atoms with E-state index in [9.17, 15) is 9.59 Å². The van der Waals surface area contributed by atoms with Crippen molar-refractivity contribution >= 4 is 11.8 Å². The lowest BCUT2D eigenvalue weighted by molar-refractivity contribution is -0.147. The Kier molecular flexibility index (Phi) is 5.95. The molecule has 0 saturated carbocycles. The predicted molar refractivity (Wildman–Crippen MR) is 115 cm³/mol. The average molecular weight is 398 g/mol. The number of hydrogen-bond acceptors (Lipinski definition) is 3. The van der Waals surface area contributed by atoms with Gasteiger partial charge in [-0.25, -0.2) is 0 Å². The highest BCUT2D eigenvalue weighted by atomic mass is 16.2. The lowest BCUT2D eigenvalue weighted by atomic mass is 9.66. The topological polar surface area (TPSA) is 43.9 Å². The second kappa shape index (κ2) is 8.47. The summed E-state index contributed by atoms with van der Waals surface area (Å²) in [6.07, 6.45) is 6.90. The summed E-state index contributed by atoms with van der Waals surface area (Å²) in [5.41, 5.74) is 2.34. The van der Waals surface area contributed by atoms with Gasteiger partial charge in [0.05, 0.1) is 12.5 Å². The number of hydrogen-bond donors (Lipinski definition) is 0. The molecule has 2 amide bonds. The maximum atomic E-state index is 13.4. The van der Waals surface area contributed by atoms with Crippen molar-refractivity contribution in [1.82, 2.24) is 14.7 Å². The van der Waals surface area contributed by atoms with Gasteiger partial charge in [0.2, 0.25) is 11.8 Å². The van der Waals surface area contributed by atoms with Crippen LogP contribution in [0, 0.1) is 12.3 Å². The third-order valence-corrected chi connectivity index (χ3v) is 7.45. The molecule has 1 unspecified atom stereocenters. The first kappa shape index (κ1) is 20.4. The molecule has 3 heterocycles. The molecule has 1 aromatic rings. The zero-order chi connectivity index (χ0) is 20.4. The number of carbonyl (C=O) groups is 2. The monoisotopic (exact) mass is 397 g/mol. The van der Waals surface area contributed by atoms with Gasteiger partial charge < -0.3 is 9.80 Å². The third kappa shape index (κ3) is 4.20. The molecule has 4 rings (SSSR count). The Balaban J connectivity index is 1.42. The van der Waals surface area contributed by atoms with Gasteiger partial charge in [-0.05, 0) is 70.0 Å². The van der Waals surface area contributed by atoms with Crippen LogP contribution in [-0.2, 0) is 16.0 Å². The van der Waals surface area contributed by atoms with Crippen LogP contribution >= 0.6 is 0 Å². The van der Waals surface area contributed by atoms with Gasteiger partial charge in [-0.3, -0.25) is 14.5 Å². The predicted octanol–water partition coefficient (Wildman–Crippen LogP) is 2.86. The van der Waals surface area contributed by atoms with Crippen LogP contribution in [0.25, 0.3) is 0 Å². The number of likely N-dealkylation sites (N-methyl/N-ethyl adjacent to an activating group) is 1. The summed E-state index contributed by atoms with van der Waals surface area (Å²) in [6, 6.07) is 8.24. The first-order valence-corrected chi connectivity index (χ1v) is 11.3. The van der Waals surface area contributed by atoms with Gasteiger partial charge in [0.25, 0.3) is 0 Å². The SMILES string of the molecule is Cc1ccc(CC(=O)N2CCC3(CCCN(C)C3C(=O)N3CCCC3)CC2)cc1. The molecule has 5 heteroatoms. The van der Waals surface area contributed by atoms with Crippen molar-refractivity contribution < 1.29 is 9.59 Å². The normalized spacial score (nSPS) is 24.8. The van der Waals surface area contributed by atoms with Crippen molar-refractivity contribution in [3.8, 4) is 0 Å². The van der Waals surface area contributed by atoms with E-state index in [1.54, 1.807) is 0 Å². The van der Waals surface area contributed by atoms with E-state index in [0.29, 0.717) is 12.3 Å². The van der Waals surface area contributed by atoms with Gasteiger partial charge >= 0.3 is 0 Å². The third-order valence-electron chi connectivity index (χ3n) is 7.45. The van der Waals surface area contributed by atoms with E-state index in [4.69, 9.17) is 0 Å².